The van der Waals surface area contributed by atoms with Crippen LogP contribution in [0.3, 0.4) is 0 Å². The number of rotatable bonds is 2. The van der Waals surface area contributed by atoms with Gasteiger partial charge in [0.1, 0.15) is 10.6 Å². The first-order valence-electron chi connectivity index (χ1n) is 5.86. The number of para-hydroxylation sites is 1. The van der Waals surface area contributed by atoms with Crippen LogP contribution in [0.5, 0.6) is 0 Å². The van der Waals surface area contributed by atoms with Gasteiger partial charge in [0.25, 0.3) is 0 Å². The maximum atomic E-state index is 11.6. The third kappa shape index (κ3) is 4.04. The number of aromatic nitrogens is 1. The van der Waals surface area contributed by atoms with Crippen LogP contribution in [0.4, 0.5) is 4.79 Å². The normalized spacial score (nSPS) is 11.6. The monoisotopic (exact) mass is 390 g/mol. The maximum absolute atomic E-state index is 11.6. The Kier molecular flexibility index (Phi) is 4.29. The molecule has 4 nitrogen and oxygen atoms in total. The predicted octanol–water partition coefficient (Wildman–Crippen LogP) is 3.93. The van der Waals surface area contributed by atoms with Gasteiger partial charge in [0, 0.05) is 3.57 Å². The van der Waals surface area contributed by atoms with Crippen LogP contribution in [0.2, 0.25) is 0 Å². The number of fused-ring (bicyclic) bond motifs is 1. The number of carbonyl (C=O) groups is 1. The van der Waals surface area contributed by atoms with Crippen LogP contribution in [0.1, 0.15) is 25.8 Å². The highest BCUT2D eigenvalue weighted by atomic mass is 127. The van der Waals surface area contributed by atoms with E-state index in [0.717, 1.165) is 18.8 Å². The van der Waals surface area contributed by atoms with Crippen molar-refractivity contribution in [1.29, 1.82) is 0 Å². The van der Waals surface area contributed by atoms with Crippen molar-refractivity contribution in [3.8, 4) is 0 Å². The van der Waals surface area contributed by atoms with E-state index in [9.17, 15) is 4.79 Å². The smallest absolute Gasteiger partial charge is 0.408 e. The van der Waals surface area contributed by atoms with E-state index in [1.54, 1.807) is 11.3 Å². The summed E-state index contributed by atoms with van der Waals surface area (Å²) in [7, 11) is 0. The molecule has 0 saturated heterocycles. The number of nitrogens with zero attached hydrogens (tertiary/aromatic N) is 1. The van der Waals surface area contributed by atoms with Gasteiger partial charge in [-0.1, -0.05) is 6.07 Å². The van der Waals surface area contributed by atoms with Crippen LogP contribution in [-0.4, -0.2) is 16.7 Å². The second-order valence-electron chi connectivity index (χ2n) is 5.05. The molecule has 0 fully saturated rings. The van der Waals surface area contributed by atoms with E-state index < -0.39 is 11.7 Å². The second kappa shape index (κ2) is 5.62. The highest BCUT2D eigenvalue weighted by molar-refractivity contribution is 14.1. The molecule has 0 aliphatic heterocycles. The Labute approximate surface area is 129 Å². The lowest BCUT2D eigenvalue weighted by molar-refractivity contribution is 0.0523. The number of ether oxygens (including phenoxy) is 1. The highest BCUT2D eigenvalue weighted by Gasteiger charge is 2.16. The number of carbonyl (C=O) groups excluding carboxylic acids is 1. The van der Waals surface area contributed by atoms with Gasteiger partial charge in [0.05, 0.1) is 16.8 Å². The van der Waals surface area contributed by atoms with E-state index in [4.69, 9.17) is 4.74 Å². The number of amides is 1. The molecule has 1 aromatic carbocycles. The Morgan fingerprint density at radius 2 is 2.21 bits per heavy atom. The number of alkyl carbamates (subject to hydrolysis) is 1. The molecule has 2 aromatic rings. The summed E-state index contributed by atoms with van der Waals surface area (Å²) >= 11 is 3.85. The summed E-state index contributed by atoms with van der Waals surface area (Å²) in [5.41, 5.74) is 0.515. The van der Waals surface area contributed by atoms with Gasteiger partial charge in [-0.15, -0.1) is 11.3 Å². The molecule has 2 rings (SSSR count). The highest BCUT2D eigenvalue weighted by Crippen LogP contribution is 2.25. The minimum absolute atomic E-state index is 0.393. The van der Waals surface area contributed by atoms with Gasteiger partial charge in [-0.2, -0.15) is 0 Å². The summed E-state index contributed by atoms with van der Waals surface area (Å²) in [5.74, 6) is 0. The number of hydrogen-bond donors (Lipinski definition) is 1. The lowest BCUT2D eigenvalue weighted by atomic mass is 10.2. The standard InChI is InChI=1S/C13H15IN2O2S/c1-13(2,3)18-12(17)15-7-10-16-11-8(14)5-4-6-9(11)19-10/h4-6H,7H2,1-3H3,(H,15,17). The van der Waals surface area contributed by atoms with Crippen molar-refractivity contribution in [2.24, 2.45) is 0 Å². The zero-order valence-corrected chi connectivity index (χ0v) is 14.0. The first-order valence-corrected chi connectivity index (χ1v) is 7.75. The van der Waals surface area contributed by atoms with E-state index in [0.29, 0.717) is 6.54 Å². The van der Waals surface area contributed by atoms with E-state index in [-0.39, 0.29) is 0 Å². The fraction of sp³-hybridized carbons (Fsp3) is 0.385. The molecule has 0 spiro atoms. The van der Waals surface area contributed by atoms with Crippen molar-refractivity contribution >= 4 is 50.2 Å². The lowest BCUT2D eigenvalue weighted by Gasteiger charge is -2.19. The van der Waals surface area contributed by atoms with Gasteiger partial charge in [0.2, 0.25) is 0 Å². The van der Waals surface area contributed by atoms with Crippen molar-refractivity contribution in [3.05, 3.63) is 26.8 Å². The molecule has 0 aliphatic rings. The van der Waals surface area contributed by atoms with Crippen molar-refractivity contribution in [2.45, 2.75) is 32.9 Å². The number of hydrogen-bond acceptors (Lipinski definition) is 4. The van der Waals surface area contributed by atoms with E-state index in [1.165, 1.54) is 0 Å². The number of nitrogens with one attached hydrogen (secondary N) is 1. The van der Waals surface area contributed by atoms with Gasteiger partial charge in [-0.25, -0.2) is 9.78 Å². The summed E-state index contributed by atoms with van der Waals surface area (Å²) < 4.78 is 7.44. The molecule has 0 atom stereocenters. The molecule has 1 N–H and O–H groups in total. The van der Waals surface area contributed by atoms with Crippen LogP contribution < -0.4 is 5.32 Å². The molecule has 0 radical (unpaired) electrons. The summed E-state index contributed by atoms with van der Waals surface area (Å²) in [6.45, 7) is 5.91. The van der Waals surface area contributed by atoms with Gasteiger partial charge in [-0.05, 0) is 55.5 Å². The number of benzene rings is 1. The minimum Gasteiger partial charge on any atom is -0.444 e. The molecule has 0 unspecified atom stereocenters. The predicted molar refractivity (Wildman–Crippen MR) is 85.4 cm³/mol. The maximum Gasteiger partial charge on any atom is 0.408 e. The molecule has 1 amide bonds. The molecule has 0 aliphatic carbocycles. The quantitative estimate of drug-likeness (QED) is 0.791. The summed E-state index contributed by atoms with van der Waals surface area (Å²) in [6, 6.07) is 6.06. The molecular formula is C13H15IN2O2S. The third-order valence-corrected chi connectivity index (χ3v) is 4.09. The third-order valence-electron chi connectivity index (χ3n) is 2.20. The van der Waals surface area contributed by atoms with Crippen LogP contribution in [0.25, 0.3) is 10.2 Å². The molecule has 6 heteroatoms. The zero-order valence-electron chi connectivity index (χ0n) is 11.0. The van der Waals surface area contributed by atoms with Gasteiger partial charge >= 0.3 is 6.09 Å². The van der Waals surface area contributed by atoms with Crippen molar-refractivity contribution in [3.63, 3.8) is 0 Å². The van der Waals surface area contributed by atoms with E-state index in [1.807, 2.05) is 39.0 Å². The van der Waals surface area contributed by atoms with Crippen LogP contribution in [0.15, 0.2) is 18.2 Å². The Balaban J connectivity index is 2.02. The second-order valence-corrected chi connectivity index (χ2v) is 7.33. The van der Waals surface area contributed by atoms with Gasteiger partial charge in [-0.3, -0.25) is 0 Å². The molecule has 1 heterocycles. The largest absolute Gasteiger partial charge is 0.444 e. The Morgan fingerprint density at radius 3 is 2.84 bits per heavy atom. The molecule has 0 bridgehead atoms. The van der Waals surface area contributed by atoms with Gasteiger partial charge in [0.15, 0.2) is 0 Å². The van der Waals surface area contributed by atoms with Crippen LogP contribution in [-0.2, 0) is 11.3 Å². The number of thiazole rings is 1. The lowest BCUT2D eigenvalue weighted by Crippen LogP contribution is -2.32. The topological polar surface area (TPSA) is 51.2 Å². The molecular weight excluding hydrogens is 375 g/mol. The Morgan fingerprint density at radius 1 is 1.47 bits per heavy atom. The van der Waals surface area contributed by atoms with Gasteiger partial charge < -0.3 is 10.1 Å². The fourth-order valence-corrected chi connectivity index (χ4v) is 3.23. The molecule has 19 heavy (non-hydrogen) atoms. The zero-order chi connectivity index (χ0) is 14.0. The fourth-order valence-electron chi connectivity index (χ4n) is 1.50. The van der Waals surface area contributed by atoms with E-state index in [2.05, 4.69) is 32.9 Å². The first kappa shape index (κ1) is 14.5. The summed E-state index contributed by atoms with van der Waals surface area (Å²) in [4.78, 5) is 16.1. The first-order chi connectivity index (χ1) is 8.85. The average molecular weight is 390 g/mol. The minimum atomic E-state index is -0.479. The van der Waals surface area contributed by atoms with Crippen molar-refractivity contribution < 1.29 is 9.53 Å². The molecule has 102 valence electrons. The Bertz CT molecular complexity index is 604. The Hall–Kier alpha value is -0.890. The van der Waals surface area contributed by atoms with Crippen LogP contribution >= 0.6 is 33.9 Å². The average Bonchev–Trinajstić information content (AvgIpc) is 2.68. The van der Waals surface area contributed by atoms with E-state index >= 15 is 0 Å². The molecule has 0 saturated carbocycles. The van der Waals surface area contributed by atoms with Crippen LogP contribution in [0, 0.1) is 3.57 Å². The van der Waals surface area contributed by atoms with Crippen molar-refractivity contribution in [1.82, 2.24) is 10.3 Å². The number of halogens is 1. The SMILES string of the molecule is CC(C)(C)OC(=O)NCc1nc2c(I)cccc2s1. The summed E-state index contributed by atoms with van der Waals surface area (Å²) in [6.07, 6.45) is -0.415. The molecule has 1 aromatic heterocycles. The summed E-state index contributed by atoms with van der Waals surface area (Å²) in [5, 5.41) is 3.60. The van der Waals surface area contributed by atoms with Crippen molar-refractivity contribution in [2.75, 3.05) is 0 Å².